The molecule has 8 nitrogen and oxygen atoms in total. The van der Waals surface area contributed by atoms with Crippen LogP contribution in [-0.4, -0.2) is 63.9 Å². The summed E-state index contributed by atoms with van der Waals surface area (Å²) in [5.41, 5.74) is 2.06. The molecule has 30 heavy (non-hydrogen) atoms. The lowest BCUT2D eigenvalue weighted by Gasteiger charge is -2.41. The van der Waals surface area contributed by atoms with Crippen LogP contribution in [0.3, 0.4) is 0 Å². The van der Waals surface area contributed by atoms with E-state index in [0.29, 0.717) is 0 Å². The standard InChI is InChI=1S/C22H18N2O6/c25-19-14-7-3-4-8-15(14)20(26)24(19)16-9-12-5-1-2-6-13(12)17-10-30-11-18(22(28)29)23(17)21(16)27/h1-8,16-18H,9-11H2,(H,28,29). The first-order valence-electron chi connectivity index (χ1n) is 9.66. The third kappa shape index (κ3) is 2.57. The number of ether oxygens (including phenoxy) is 1. The van der Waals surface area contributed by atoms with Crippen LogP contribution in [0.5, 0.6) is 0 Å². The molecule has 0 radical (unpaired) electrons. The van der Waals surface area contributed by atoms with Crippen molar-refractivity contribution in [3.8, 4) is 0 Å². The van der Waals surface area contributed by atoms with Gasteiger partial charge in [-0.2, -0.15) is 0 Å². The molecule has 3 unspecified atom stereocenters. The molecule has 8 heteroatoms. The molecule has 0 bridgehead atoms. The number of hydrogen-bond donors (Lipinski definition) is 1. The fourth-order valence-electron chi connectivity index (χ4n) is 4.61. The summed E-state index contributed by atoms with van der Waals surface area (Å²) in [5, 5.41) is 9.71. The van der Waals surface area contributed by atoms with E-state index >= 15 is 0 Å². The van der Waals surface area contributed by atoms with E-state index < -0.39 is 41.8 Å². The number of carbonyl (C=O) groups excluding carboxylic acids is 3. The van der Waals surface area contributed by atoms with Crippen LogP contribution in [0.4, 0.5) is 0 Å². The lowest BCUT2D eigenvalue weighted by atomic mass is 9.96. The summed E-state index contributed by atoms with van der Waals surface area (Å²) in [5.74, 6) is -2.81. The van der Waals surface area contributed by atoms with Gasteiger partial charge in [0.1, 0.15) is 6.04 Å². The summed E-state index contributed by atoms with van der Waals surface area (Å²) in [7, 11) is 0. The highest BCUT2D eigenvalue weighted by atomic mass is 16.5. The Kier molecular flexibility index (Phi) is 4.18. The van der Waals surface area contributed by atoms with Gasteiger partial charge in [0, 0.05) is 6.42 Å². The molecule has 3 heterocycles. The molecule has 0 aliphatic carbocycles. The van der Waals surface area contributed by atoms with Crippen molar-refractivity contribution in [1.29, 1.82) is 0 Å². The van der Waals surface area contributed by atoms with Crippen LogP contribution >= 0.6 is 0 Å². The molecule has 1 fully saturated rings. The number of fused-ring (bicyclic) bond motifs is 4. The number of imide groups is 1. The largest absolute Gasteiger partial charge is 0.480 e. The molecule has 1 N–H and O–H groups in total. The Morgan fingerprint density at radius 1 is 0.900 bits per heavy atom. The van der Waals surface area contributed by atoms with Crippen molar-refractivity contribution in [2.75, 3.05) is 13.2 Å². The van der Waals surface area contributed by atoms with E-state index in [1.165, 1.54) is 4.90 Å². The Morgan fingerprint density at radius 3 is 2.20 bits per heavy atom. The van der Waals surface area contributed by atoms with Gasteiger partial charge in [0.05, 0.1) is 30.4 Å². The second-order valence-electron chi connectivity index (χ2n) is 7.60. The quantitative estimate of drug-likeness (QED) is 0.753. The maximum absolute atomic E-state index is 13.7. The van der Waals surface area contributed by atoms with Gasteiger partial charge in [0.15, 0.2) is 6.04 Å². The monoisotopic (exact) mass is 406 g/mol. The first kappa shape index (κ1) is 18.5. The first-order valence-corrected chi connectivity index (χ1v) is 9.66. The smallest absolute Gasteiger partial charge is 0.328 e. The second kappa shape index (κ2) is 6.77. The molecule has 0 saturated carbocycles. The van der Waals surface area contributed by atoms with Crippen molar-refractivity contribution >= 4 is 23.7 Å². The third-order valence-corrected chi connectivity index (χ3v) is 6.01. The maximum Gasteiger partial charge on any atom is 0.328 e. The topological polar surface area (TPSA) is 104 Å². The molecule has 0 aromatic heterocycles. The zero-order valence-corrected chi connectivity index (χ0v) is 15.9. The summed E-state index contributed by atoms with van der Waals surface area (Å²) < 4.78 is 5.51. The molecule has 0 spiro atoms. The first-order chi connectivity index (χ1) is 14.5. The highest BCUT2D eigenvalue weighted by molar-refractivity contribution is 6.23. The van der Waals surface area contributed by atoms with Gasteiger partial charge in [-0.15, -0.1) is 0 Å². The Bertz CT molecular complexity index is 1060. The van der Waals surface area contributed by atoms with Crippen LogP contribution in [0.2, 0.25) is 0 Å². The fraction of sp³-hybridized carbons (Fsp3) is 0.273. The minimum absolute atomic E-state index is 0.125. The molecule has 1 saturated heterocycles. The number of carboxylic acid groups (broad SMARTS) is 1. The van der Waals surface area contributed by atoms with Crippen LogP contribution < -0.4 is 0 Å². The zero-order chi connectivity index (χ0) is 21.0. The highest BCUT2D eigenvalue weighted by Crippen LogP contribution is 2.37. The number of nitrogens with zero attached hydrogens (tertiary/aromatic N) is 2. The van der Waals surface area contributed by atoms with E-state index in [1.807, 2.05) is 24.3 Å². The maximum atomic E-state index is 13.7. The average Bonchev–Trinajstić information content (AvgIpc) is 2.93. The summed E-state index contributed by atoms with van der Waals surface area (Å²) in [6.45, 7) is 0.00987. The number of rotatable bonds is 2. The molecule has 2 aromatic carbocycles. The molecule has 3 atom stereocenters. The third-order valence-electron chi connectivity index (χ3n) is 6.01. The van der Waals surface area contributed by atoms with E-state index in [-0.39, 0.29) is 30.8 Å². The predicted octanol–water partition coefficient (Wildman–Crippen LogP) is 1.26. The number of carboxylic acids is 1. The van der Waals surface area contributed by atoms with Gasteiger partial charge in [-0.25, -0.2) is 4.79 Å². The van der Waals surface area contributed by atoms with Crippen molar-refractivity contribution in [3.63, 3.8) is 0 Å². The number of carbonyl (C=O) groups is 4. The fourth-order valence-corrected chi connectivity index (χ4v) is 4.61. The molecule has 2 aromatic rings. The van der Waals surface area contributed by atoms with Crippen LogP contribution in [0, 0.1) is 0 Å². The molecular weight excluding hydrogens is 388 g/mol. The van der Waals surface area contributed by atoms with Crippen LogP contribution in [-0.2, 0) is 20.7 Å². The minimum Gasteiger partial charge on any atom is -0.480 e. The summed E-state index contributed by atoms with van der Waals surface area (Å²) in [4.78, 5) is 53.9. The summed E-state index contributed by atoms with van der Waals surface area (Å²) in [6.07, 6.45) is 0.125. The Morgan fingerprint density at radius 2 is 1.53 bits per heavy atom. The lowest BCUT2D eigenvalue weighted by Crippen LogP contribution is -2.59. The summed E-state index contributed by atoms with van der Waals surface area (Å²) in [6, 6.07) is 10.8. The number of amides is 3. The van der Waals surface area contributed by atoms with Crippen molar-refractivity contribution < 1.29 is 29.0 Å². The minimum atomic E-state index is -1.19. The molecular formula is C22H18N2O6. The molecule has 152 valence electrons. The number of hydrogen-bond acceptors (Lipinski definition) is 5. The van der Waals surface area contributed by atoms with Crippen molar-refractivity contribution in [3.05, 3.63) is 70.8 Å². The van der Waals surface area contributed by atoms with Gasteiger partial charge >= 0.3 is 5.97 Å². The van der Waals surface area contributed by atoms with Crippen molar-refractivity contribution in [1.82, 2.24) is 9.80 Å². The molecule has 5 rings (SSSR count). The van der Waals surface area contributed by atoms with Gasteiger partial charge in [0.2, 0.25) is 5.91 Å². The predicted molar refractivity (Wildman–Crippen MR) is 103 cm³/mol. The normalized spacial score (nSPS) is 25.5. The van der Waals surface area contributed by atoms with Gasteiger partial charge < -0.3 is 14.7 Å². The number of aliphatic carboxylic acids is 1. The van der Waals surface area contributed by atoms with Gasteiger partial charge in [0.25, 0.3) is 11.8 Å². The zero-order valence-electron chi connectivity index (χ0n) is 15.9. The summed E-state index contributed by atoms with van der Waals surface area (Å²) >= 11 is 0. The highest BCUT2D eigenvalue weighted by Gasteiger charge is 2.50. The Labute approximate surface area is 171 Å². The van der Waals surface area contributed by atoms with E-state index in [0.717, 1.165) is 16.0 Å². The Balaban J connectivity index is 1.64. The average molecular weight is 406 g/mol. The molecule has 3 amide bonds. The van der Waals surface area contributed by atoms with Crippen molar-refractivity contribution in [2.45, 2.75) is 24.5 Å². The van der Waals surface area contributed by atoms with E-state index in [4.69, 9.17) is 4.74 Å². The van der Waals surface area contributed by atoms with Gasteiger partial charge in [-0.05, 0) is 23.3 Å². The van der Waals surface area contributed by atoms with Gasteiger partial charge in [-0.1, -0.05) is 36.4 Å². The molecule has 3 aliphatic rings. The number of benzene rings is 2. The molecule has 3 aliphatic heterocycles. The van der Waals surface area contributed by atoms with E-state index in [2.05, 4.69) is 0 Å². The van der Waals surface area contributed by atoms with Crippen LogP contribution in [0.15, 0.2) is 48.5 Å². The lowest BCUT2D eigenvalue weighted by molar-refractivity contribution is -0.165. The van der Waals surface area contributed by atoms with Crippen molar-refractivity contribution in [2.24, 2.45) is 0 Å². The van der Waals surface area contributed by atoms with E-state index in [1.54, 1.807) is 24.3 Å². The Hall–Kier alpha value is -3.52. The van der Waals surface area contributed by atoms with E-state index in [9.17, 15) is 24.3 Å². The van der Waals surface area contributed by atoms with Crippen LogP contribution in [0.25, 0.3) is 0 Å². The van der Waals surface area contributed by atoms with Gasteiger partial charge in [-0.3, -0.25) is 19.3 Å². The second-order valence-corrected chi connectivity index (χ2v) is 7.60. The van der Waals surface area contributed by atoms with Crippen LogP contribution in [0.1, 0.15) is 37.9 Å². The number of morpholine rings is 1. The SMILES string of the molecule is O=C(O)C1COCC2c3ccccc3CC(N3C(=O)c4ccccc4C3=O)C(=O)N12.